The van der Waals surface area contributed by atoms with E-state index < -0.39 is 6.16 Å². The smallest absolute Gasteiger partial charge is 0.450 e. The van der Waals surface area contributed by atoms with E-state index >= 15 is 0 Å². The Hall–Kier alpha value is -0.730. The molecule has 0 aromatic heterocycles. The summed E-state index contributed by atoms with van der Waals surface area (Å²) in [5.41, 5.74) is 0. The minimum Gasteiger partial charge on any atom is -0.450 e. The molecule has 0 aromatic rings. The molecule has 21 heavy (non-hydrogen) atoms. The van der Waals surface area contributed by atoms with Gasteiger partial charge in [0.1, 0.15) is 6.10 Å². The Labute approximate surface area is 129 Å². The number of ether oxygens (including phenoxy) is 1. The third-order valence-electron chi connectivity index (χ3n) is 5.76. The van der Waals surface area contributed by atoms with Crippen LogP contribution in [0.5, 0.6) is 0 Å². The van der Waals surface area contributed by atoms with Crippen LogP contribution < -0.4 is 0 Å². The maximum Gasteiger partial charge on any atom is 0.506 e. The molecule has 2 aliphatic rings. The zero-order valence-corrected chi connectivity index (χ0v) is 13.6. The number of hydrogen-bond acceptors (Lipinski definition) is 2. The predicted octanol–water partition coefficient (Wildman–Crippen LogP) is 5.63. The van der Waals surface area contributed by atoms with E-state index in [1.165, 1.54) is 64.2 Å². The highest BCUT2D eigenvalue weighted by Crippen LogP contribution is 2.41. The first-order valence-corrected chi connectivity index (χ1v) is 9.08. The second kappa shape index (κ2) is 8.65. The molecule has 122 valence electrons. The molecule has 0 heterocycles. The third-order valence-corrected chi connectivity index (χ3v) is 5.76. The second-order valence-electron chi connectivity index (χ2n) is 7.20. The second-order valence-corrected chi connectivity index (χ2v) is 7.20. The van der Waals surface area contributed by atoms with Gasteiger partial charge in [0.2, 0.25) is 0 Å². The summed E-state index contributed by atoms with van der Waals surface area (Å²) < 4.78 is 4.92. The van der Waals surface area contributed by atoms with E-state index in [9.17, 15) is 4.79 Å². The van der Waals surface area contributed by atoms with Gasteiger partial charge in [-0.25, -0.2) is 4.79 Å². The number of rotatable bonds is 6. The van der Waals surface area contributed by atoms with Gasteiger partial charge < -0.3 is 9.84 Å². The molecule has 0 saturated heterocycles. The molecule has 0 amide bonds. The Balaban J connectivity index is 1.63. The lowest BCUT2D eigenvalue weighted by molar-refractivity contribution is 0.0191. The van der Waals surface area contributed by atoms with E-state index in [0.717, 1.165) is 30.6 Å². The monoisotopic (exact) mass is 296 g/mol. The molecule has 2 aliphatic carbocycles. The van der Waals surface area contributed by atoms with Crippen LogP contribution >= 0.6 is 0 Å². The Morgan fingerprint density at radius 3 is 2.05 bits per heavy atom. The summed E-state index contributed by atoms with van der Waals surface area (Å²) in [6, 6.07) is 0. The van der Waals surface area contributed by atoms with Gasteiger partial charge in [0.15, 0.2) is 0 Å². The Morgan fingerprint density at radius 2 is 1.52 bits per heavy atom. The summed E-state index contributed by atoms with van der Waals surface area (Å²) in [7, 11) is 0. The van der Waals surface area contributed by atoms with Crippen molar-refractivity contribution >= 4 is 6.16 Å². The largest absolute Gasteiger partial charge is 0.506 e. The van der Waals surface area contributed by atoms with Crippen molar-refractivity contribution in [1.29, 1.82) is 0 Å². The van der Waals surface area contributed by atoms with Crippen LogP contribution in [0.4, 0.5) is 4.79 Å². The van der Waals surface area contributed by atoms with Crippen LogP contribution in [0, 0.1) is 17.8 Å². The van der Waals surface area contributed by atoms with Gasteiger partial charge >= 0.3 is 6.16 Å². The normalized spacial score (nSPS) is 33.6. The van der Waals surface area contributed by atoms with Crippen molar-refractivity contribution in [3.05, 3.63) is 0 Å². The fourth-order valence-corrected chi connectivity index (χ4v) is 4.45. The lowest BCUT2D eigenvalue weighted by Gasteiger charge is -2.37. The molecular formula is C18H32O3. The SMILES string of the molecule is CCCCC[C@H]1CC[C@H]([C@H]2CC[C@H](OC(=O)O)CC2)CC1. The van der Waals surface area contributed by atoms with Gasteiger partial charge in [-0.05, 0) is 56.3 Å². The van der Waals surface area contributed by atoms with Crippen LogP contribution in [0.25, 0.3) is 0 Å². The van der Waals surface area contributed by atoms with Crippen molar-refractivity contribution in [2.24, 2.45) is 17.8 Å². The fraction of sp³-hybridized carbons (Fsp3) is 0.944. The topological polar surface area (TPSA) is 46.5 Å². The average Bonchev–Trinajstić information content (AvgIpc) is 2.49. The van der Waals surface area contributed by atoms with E-state index in [0.29, 0.717) is 0 Å². The van der Waals surface area contributed by atoms with E-state index in [1.807, 2.05) is 0 Å². The van der Waals surface area contributed by atoms with E-state index in [-0.39, 0.29) is 6.10 Å². The first-order chi connectivity index (χ1) is 10.2. The van der Waals surface area contributed by atoms with Crippen molar-refractivity contribution in [3.63, 3.8) is 0 Å². The van der Waals surface area contributed by atoms with Gasteiger partial charge in [-0.15, -0.1) is 0 Å². The number of carbonyl (C=O) groups is 1. The summed E-state index contributed by atoms with van der Waals surface area (Å²) in [6.45, 7) is 2.28. The zero-order valence-electron chi connectivity index (χ0n) is 13.6. The highest BCUT2D eigenvalue weighted by Gasteiger charge is 2.31. The molecule has 2 fully saturated rings. The molecule has 2 saturated carbocycles. The molecular weight excluding hydrogens is 264 g/mol. The number of hydrogen-bond donors (Lipinski definition) is 1. The molecule has 0 bridgehead atoms. The van der Waals surface area contributed by atoms with E-state index in [2.05, 4.69) is 6.92 Å². The Kier molecular flexibility index (Phi) is 6.85. The maximum atomic E-state index is 10.6. The summed E-state index contributed by atoms with van der Waals surface area (Å²) in [4.78, 5) is 10.6. The minimum absolute atomic E-state index is 0.0378. The van der Waals surface area contributed by atoms with Gasteiger partial charge in [-0.3, -0.25) is 0 Å². The number of unbranched alkanes of at least 4 members (excludes halogenated alkanes) is 2. The minimum atomic E-state index is -1.11. The summed E-state index contributed by atoms with van der Waals surface area (Å²) in [5.74, 6) is 2.72. The molecule has 3 nitrogen and oxygen atoms in total. The quantitative estimate of drug-likeness (QED) is 0.510. The lowest BCUT2D eigenvalue weighted by atomic mass is 9.70. The van der Waals surface area contributed by atoms with Gasteiger partial charge in [-0.2, -0.15) is 0 Å². The van der Waals surface area contributed by atoms with Gasteiger partial charge in [-0.1, -0.05) is 45.4 Å². The summed E-state index contributed by atoms with van der Waals surface area (Å²) in [6.07, 6.45) is 14.3. The standard InChI is InChI=1S/C18H32O3/c1-2-3-4-5-14-6-8-15(9-7-14)16-10-12-17(13-11-16)21-18(19)20/h14-17H,2-13H2,1H3,(H,19,20)/t14-,15-,16-,17-. The highest BCUT2D eigenvalue weighted by molar-refractivity contribution is 5.57. The molecule has 2 rings (SSSR count). The Bertz CT molecular complexity index is 300. The van der Waals surface area contributed by atoms with Gasteiger partial charge in [0.25, 0.3) is 0 Å². The molecule has 1 N–H and O–H groups in total. The van der Waals surface area contributed by atoms with Crippen LogP contribution in [0.3, 0.4) is 0 Å². The first kappa shape index (κ1) is 16.6. The predicted molar refractivity (Wildman–Crippen MR) is 84.4 cm³/mol. The van der Waals surface area contributed by atoms with Crippen molar-refractivity contribution in [2.45, 2.75) is 90.1 Å². The molecule has 3 heteroatoms. The van der Waals surface area contributed by atoms with E-state index in [1.54, 1.807) is 0 Å². The lowest BCUT2D eigenvalue weighted by Crippen LogP contribution is -2.29. The van der Waals surface area contributed by atoms with Crippen molar-refractivity contribution in [3.8, 4) is 0 Å². The average molecular weight is 296 g/mol. The fourth-order valence-electron chi connectivity index (χ4n) is 4.45. The third kappa shape index (κ3) is 5.52. The van der Waals surface area contributed by atoms with Crippen LogP contribution in [0.15, 0.2) is 0 Å². The molecule has 0 atom stereocenters. The summed E-state index contributed by atoms with van der Waals surface area (Å²) >= 11 is 0. The Morgan fingerprint density at radius 1 is 0.952 bits per heavy atom. The zero-order chi connectivity index (χ0) is 15.1. The maximum absolute atomic E-state index is 10.6. The van der Waals surface area contributed by atoms with Crippen LogP contribution in [-0.4, -0.2) is 17.4 Å². The molecule has 0 unspecified atom stereocenters. The van der Waals surface area contributed by atoms with Crippen molar-refractivity contribution in [2.75, 3.05) is 0 Å². The van der Waals surface area contributed by atoms with Crippen molar-refractivity contribution in [1.82, 2.24) is 0 Å². The van der Waals surface area contributed by atoms with E-state index in [4.69, 9.17) is 9.84 Å². The molecule has 0 aromatic carbocycles. The number of carboxylic acid groups (broad SMARTS) is 1. The van der Waals surface area contributed by atoms with Crippen LogP contribution in [-0.2, 0) is 4.74 Å². The molecule has 0 aliphatic heterocycles. The molecule has 0 radical (unpaired) electrons. The summed E-state index contributed by atoms with van der Waals surface area (Å²) in [5, 5.41) is 8.68. The van der Waals surface area contributed by atoms with Crippen molar-refractivity contribution < 1.29 is 14.6 Å². The van der Waals surface area contributed by atoms with Gasteiger partial charge in [0, 0.05) is 0 Å². The molecule has 0 spiro atoms. The van der Waals surface area contributed by atoms with Gasteiger partial charge in [0.05, 0.1) is 0 Å². The highest BCUT2D eigenvalue weighted by atomic mass is 16.7. The van der Waals surface area contributed by atoms with Crippen LogP contribution in [0.1, 0.15) is 84.0 Å². The first-order valence-electron chi connectivity index (χ1n) is 9.08. The van der Waals surface area contributed by atoms with Crippen LogP contribution in [0.2, 0.25) is 0 Å².